The molecule has 1 aromatic carbocycles. The molecular weight excluding hydrogens is 258 g/mol. The molecule has 20 heavy (non-hydrogen) atoms. The zero-order chi connectivity index (χ0) is 14.2. The Kier molecular flexibility index (Phi) is 5.37. The number of rotatable bonds is 4. The van der Waals surface area contributed by atoms with Crippen LogP contribution in [0.5, 0.6) is 0 Å². The summed E-state index contributed by atoms with van der Waals surface area (Å²) in [5, 5.41) is 12.0. The van der Waals surface area contributed by atoms with Crippen LogP contribution in [0.3, 0.4) is 0 Å². The Morgan fingerprint density at radius 1 is 1.40 bits per heavy atom. The summed E-state index contributed by atoms with van der Waals surface area (Å²) in [5.74, 6) is 0.285. The predicted molar refractivity (Wildman–Crippen MR) is 74.3 cm³/mol. The standard InChI is InChI=1S/C14H19N3O3/c18-14(20-11-13-4-2-1-3-5-13)17-8-6-12(7-9-17)10-15-16-19/h1-5,10,12,16,19H,6-9,11H2. The fourth-order valence-corrected chi connectivity index (χ4v) is 2.18. The Morgan fingerprint density at radius 2 is 2.10 bits per heavy atom. The number of nitrogens with zero attached hydrogens (tertiary/aromatic N) is 2. The summed E-state index contributed by atoms with van der Waals surface area (Å²) in [5.41, 5.74) is 2.73. The Morgan fingerprint density at radius 3 is 2.75 bits per heavy atom. The number of hydrogen-bond donors (Lipinski definition) is 2. The van der Waals surface area contributed by atoms with E-state index in [4.69, 9.17) is 9.94 Å². The summed E-state index contributed by atoms with van der Waals surface area (Å²) in [6, 6.07) is 9.63. The molecule has 1 amide bonds. The van der Waals surface area contributed by atoms with Crippen molar-refractivity contribution in [2.75, 3.05) is 13.1 Å². The van der Waals surface area contributed by atoms with Gasteiger partial charge in [0, 0.05) is 19.3 Å². The van der Waals surface area contributed by atoms with E-state index in [0.717, 1.165) is 18.4 Å². The van der Waals surface area contributed by atoms with Crippen molar-refractivity contribution < 1.29 is 14.7 Å². The van der Waals surface area contributed by atoms with Crippen molar-refractivity contribution in [3.63, 3.8) is 0 Å². The first-order chi connectivity index (χ1) is 9.79. The average Bonchev–Trinajstić information content (AvgIpc) is 2.52. The second kappa shape index (κ2) is 7.49. The summed E-state index contributed by atoms with van der Waals surface area (Å²) in [6.45, 7) is 1.60. The fraction of sp³-hybridized carbons (Fsp3) is 0.429. The van der Waals surface area contributed by atoms with Gasteiger partial charge in [-0.15, -0.1) is 0 Å². The quantitative estimate of drug-likeness (QED) is 0.652. The van der Waals surface area contributed by atoms with E-state index in [2.05, 4.69) is 5.10 Å². The maximum absolute atomic E-state index is 11.9. The highest BCUT2D eigenvalue weighted by Crippen LogP contribution is 2.16. The van der Waals surface area contributed by atoms with Crippen LogP contribution in [0.4, 0.5) is 4.79 Å². The van der Waals surface area contributed by atoms with Crippen LogP contribution in [0.2, 0.25) is 0 Å². The summed E-state index contributed by atoms with van der Waals surface area (Å²) >= 11 is 0. The van der Waals surface area contributed by atoms with Crippen molar-refractivity contribution >= 4 is 12.3 Å². The minimum absolute atomic E-state index is 0.274. The molecule has 0 bridgehead atoms. The van der Waals surface area contributed by atoms with Crippen LogP contribution >= 0.6 is 0 Å². The van der Waals surface area contributed by atoms with Gasteiger partial charge in [0.15, 0.2) is 0 Å². The SMILES string of the molecule is O=C(OCc1ccccc1)N1CCC(C=NNO)CC1. The molecule has 6 nitrogen and oxygen atoms in total. The van der Waals surface area contributed by atoms with E-state index < -0.39 is 0 Å². The van der Waals surface area contributed by atoms with Crippen LogP contribution in [-0.4, -0.2) is 35.5 Å². The normalized spacial score (nSPS) is 16.4. The number of hydrogen-bond acceptors (Lipinski definition) is 5. The molecule has 1 fully saturated rings. The van der Waals surface area contributed by atoms with Crippen molar-refractivity contribution in [1.82, 2.24) is 10.5 Å². The lowest BCUT2D eigenvalue weighted by Crippen LogP contribution is -2.39. The first-order valence-corrected chi connectivity index (χ1v) is 6.67. The van der Waals surface area contributed by atoms with E-state index in [1.54, 1.807) is 16.7 Å². The van der Waals surface area contributed by atoms with Crippen LogP contribution in [0.25, 0.3) is 0 Å². The monoisotopic (exact) mass is 277 g/mol. The number of benzene rings is 1. The van der Waals surface area contributed by atoms with Gasteiger partial charge < -0.3 is 9.64 Å². The average molecular weight is 277 g/mol. The van der Waals surface area contributed by atoms with E-state index >= 15 is 0 Å². The summed E-state index contributed by atoms with van der Waals surface area (Å²) in [4.78, 5) is 13.6. The highest BCUT2D eigenvalue weighted by atomic mass is 16.6. The van der Waals surface area contributed by atoms with Gasteiger partial charge in [0.2, 0.25) is 0 Å². The molecular formula is C14H19N3O3. The van der Waals surface area contributed by atoms with Gasteiger partial charge in [-0.1, -0.05) is 30.3 Å². The molecule has 1 heterocycles. The van der Waals surface area contributed by atoms with Gasteiger partial charge in [-0.3, -0.25) is 5.21 Å². The molecule has 0 spiro atoms. The summed E-state index contributed by atoms with van der Waals surface area (Å²) in [6.07, 6.45) is 3.05. The molecule has 2 N–H and O–H groups in total. The molecule has 0 aromatic heterocycles. The van der Waals surface area contributed by atoms with Crippen LogP contribution in [-0.2, 0) is 11.3 Å². The zero-order valence-electron chi connectivity index (χ0n) is 11.2. The van der Waals surface area contributed by atoms with Gasteiger partial charge in [0.1, 0.15) is 6.61 Å². The Labute approximate surface area is 118 Å². The third-order valence-corrected chi connectivity index (χ3v) is 3.35. The molecule has 0 saturated carbocycles. The molecule has 0 aliphatic carbocycles. The minimum Gasteiger partial charge on any atom is -0.445 e. The Balaban J connectivity index is 1.73. The topological polar surface area (TPSA) is 74.2 Å². The molecule has 0 unspecified atom stereocenters. The predicted octanol–water partition coefficient (Wildman–Crippen LogP) is 2.00. The number of hydrazone groups is 1. The molecule has 108 valence electrons. The third kappa shape index (κ3) is 4.24. The van der Waals surface area contributed by atoms with Crippen LogP contribution in [0.1, 0.15) is 18.4 Å². The Hall–Kier alpha value is -2.08. The smallest absolute Gasteiger partial charge is 0.410 e. The molecule has 1 aliphatic heterocycles. The first-order valence-electron chi connectivity index (χ1n) is 6.67. The van der Waals surface area contributed by atoms with Gasteiger partial charge in [-0.2, -0.15) is 10.7 Å². The number of nitrogens with one attached hydrogen (secondary N) is 1. The maximum Gasteiger partial charge on any atom is 0.410 e. The second-order valence-corrected chi connectivity index (χ2v) is 4.74. The van der Waals surface area contributed by atoms with Gasteiger partial charge in [0.25, 0.3) is 0 Å². The molecule has 1 saturated heterocycles. The maximum atomic E-state index is 11.9. The second-order valence-electron chi connectivity index (χ2n) is 4.74. The van der Waals surface area contributed by atoms with Crippen molar-refractivity contribution in [3.8, 4) is 0 Å². The summed E-state index contributed by atoms with van der Waals surface area (Å²) < 4.78 is 5.28. The van der Waals surface area contributed by atoms with E-state index in [0.29, 0.717) is 19.7 Å². The van der Waals surface area contributed by atoms with Gasteiger partial charge in [0.05, 0.1) is 0 Å². The van der Waals surface area contributed by atoms with Crippen molar-refractivity contribution in [2.24, 2.45) is 11.0 Å². The van der Waals surface area contributed by atoms with E-state index in [1.807, 2.05) is 30.3 Å². The number of carbonyl (C=O) groups is 1. The number of piperidine rings is 1. The zero-order valence-corrected chi connectivity index (χ0v) is 11.2. The van der Waals surface area contributed by atoms with E-state index in [9.17, 15) is 4.79 Å². The molecule has 1 aromatic rings. The minimum atomic E-state index is -0.274. The number of carbonyl (C=O) groups excluding carboxylic acids is 1. The number of amides is 1. The van der Waals surface area contributed by atoms with Crippen LogP contribution < -0.4 is 5.59 Å². The largest absolute Gasteiger partial charge is 0.445 e. The highest BCUT2D eigenvalue weighted by Gasteiger charge is 2.22. The van der Waals surface area contributed by atoms with Gasteiger partial charge >= 0.3 is 6.09 Å². The number of likely N-dealkylation sites (tertiary alicyclic amines) is 1. The lowest BCUT2D eigenvalue weighted by molar-refractivity contribution is 0.0865. The lowest BCUT2D eigenvalue weighted by atomic mass is 9.99. The molecule has 6 heteroatoms. The number of ether oxygens (including phenoxy) is 1. The van der Waals surface area contributed by atoms with E-state index in [-0.39, 0.29) is 12.0 Å². The third-order valence-electron chi connectivity index (χ3n) is 3.35. The Bertz CT molecular complexity index is 442. The molecule has 1 aliphatic rings. The summed E-state index contributed by atoms with van der Waals surface area (Å²) in [7, 11) is 0. The highest BCUT2D eigenvalue weighted by molar-refractivity contribution is 5.68. The first kappa shape index (κ1) is 14.3. The fourth-order valence-electron chi connectivity index (χ4n) is 2.18. The van der Waals surface area contributed by atoms with Crippen molar-refractivity contribution in [3.05, 3.63) is 35.9 Å². The van der Waals surface area contributed by atoms with E-state index in [1.165, 1.54) is 0 Å². The van der Waals surface area contributed by atoms with Gasteiger partial charge in [-0.05, 0) is 24.3 Å². The molecule has 0 radical (unpaired) electrons. The molecule has 0 atom stereocenters. The van der Waals surface area contributed by atoms with Gasteiger partial charge in [-0.25, -0.2) is 4.79 Å². The van der Waals surface area contributed by atoms with Crippen molar-refractivity contribution in [2.45, 2.75) is 19.4 Å². The van der Waals surface area contributed by atoms with Crippen LogP contribution in [0, 0.1) is 5.92 Å². The lowest BCUT2D eigenvalue weighted by Gasteiger charge is -2.29. The van der Waals surface area contributed by atoms with Crippen LogP contribution in [0.15, 0.2) is 35.4 Å². The molecule has 2 rings (SSSR count). The van der Waals surface area contributed by atoms with Crippen molar-refractivity contribution in [1.29, 1.82) is 0 Å².